The van der Waals surface area contributed by atoms with Gasteiger partial charge in [-0.2, -0.15) is 0 Å². The van der Waals surface area contributed by atoms with E-state index < -0.39 is 11.9 Å². The molecule has 1 unspecified atom stereocenters. The third-order valence-electron chi connectivity index (χ3n) is 1.14. The molecule has 0 bridgehead atoms. The summed E-state index contributed by atoms with van der Waals surface area (Å²) in [5.74, 6) is -1.21. The fraction of sp³-hybridized carbons (Fsp3) is 0.833. The van der Waals surface area contributed by atoms with Crippen molar-refractivity contribution in [1.29, 1.82) is 0 Å². The fourth-order valence-electron chi connectivity index (χ4n) is 0.577. The van der Waals surface area contributed by atoms with Gasteiger partial charge in [0.1, 0.15) is 6.61 Å². The molecule has 0 aliphatic heterocycles. The van der Waals surface area contributed by atoms with Crippen LogP contribution >= 0.6 is 0 Å². The van der Waals surface area contributed by atoms with E-state index in [2.05, 4.69) is 9.47 Å². The van der Waals surface area contributed by atoms with Gasteiger partial charge in [0.25, 0.3) is 0 Å². The molecule has 0 aliphatic carbocycles. The minimum absolute atomic E-state index is 0.0653. The summed E-state index contributed by atoms with van der Waals surface area (Å²) < 4.78 is 13.8. The van der Waals surface area contributed by atoms with Crippen LogP contribution in [0.2, 0.25) is 0 Å². The zero-order chi connectivity index (χ0) is 8.91. The van der Waals surface area contributed by atoms with Crippen molar-refractivity contribution in [2.45, 2.75) is 12.7 Å². The van der Waals surface area contributed by atoms with Crippen molar-refractivity contribution in [1.82, 2.24) is 0 Å². The molecule has 0 rings (SSSR count). The lowest BCUT2D eigenvalue weighted by Crippen LogP contribution is -2.37. The Hall–Kier alpha value is -0.810. The summed E-state index contributed by atoms with van der Waals surface area (Å²) in [5, 5.41) is 8.25. The first-order chi connectivity index (χ1) is 5.04. The Bertz CT molecular complexity index is 135. The maximum atomic E-state index is 10.1. The van der Waals surface area contributed by atoms with Crippen molar-refractivity contribution in [2.75, 3.05) is 20.8 Å². The predicted octanol–water partition coefficient (Wildman–Crippen LogP) is 0.690. The average Bonchev–Trinajstić information content (AvgIpc) is 1.87. The Morgan fingerprint density at radius 2 is 2.09 bits per heavy atom. The minimum atomic E-state index is -1.38. The number of carboxylic acid groups (broad SMARTS) is 1. The van der Waals surface area contributed by atoms with Crippen LogP contribution in [0.5, 0.6) is 0 Å². The molecule has 0 aliphatic rings. The molecule has 0 aromatic heterocycles. The molecule has 0 saturated heterocycles. The molecule has 0 radical (unpaired) electrons. The normalized spacial score (nSPS) is 15.5. The van der Waals surface area contributed by atoms with E-state index in [0.717, 1.165) is 0 Å². The number of carbonyl (C=O) groups is 1. The number of rotatable bonds is 4. The van der Waals surface area contributed by atoms with Crippen LogP contribution in [0.3, 0.4) is 0 Å². The van der Waals surface area contributed by atoms with Gasteiger partial charge in [-0.1, -0.05) is 0 Å². The monoisotopic (exact) mass is 164 g/mol. The SMILES string of the molecule is COCC(C)(OC)OC(=O)O. The van der Waals surface area contributed by atoms with E-state index in [-0.39, 0.29) is 6.61 Å². The van der Waals surface area contributed by atoms with Crippen LogP contribution in [-0.4, -0.2) is 37.9 Å². The molecular weight excluding hydrogens is 152 g/mol. The van der Waals surface area contributed by atoms with Gasteiger partial charge in [0.2, 0.25) is 5.79 Å². The molecule has 0 aromatic rings. The molecule has 0 heterocycles. The van der Waals surface area contributed by atoms with E-state index in [9.17, 15) is 4.79 Å². The quantitative estimate of drug-likeness (QED) is 0.489. The van der Waals surface area contributed by atoms with Gasteiger partial charge in [-0.25, -0.2) is 4.79 Å². The van der Waals surface area contributed by atoms with Crippen LogP contribution in [0.1, 0.15) is 6.92 Å². The Morgan fingerprint density at radius 3 is 2.36 bits per heavy atom. The van der Waals surface area contributed by atoms with Gasteiger partial charge in [0.15, 0.2) is 0 Å². The number of hydrogen-bond donors (Lipinski definition) is 1. The first-order valence-corrected chi connectivity index (χ1v) is 3.00. The standard InChI is InChI=1S/C6H12O5/c1-6(10-3,4-9-2)11-5(7)8/h4H2,1-3H3,(H,7,8). The highest BCUT2D eigenvalue weighted by Crippen LogP contribution is 2.11. The molecular formula is C6H12O5. The summed E-state index contributed by atoms with van der Waals surface area (Å²) in [7, 11) is 2.78. The van der Waals surface area contributed by atoms with Crippen molar-refractivity contribution in [2.24, 2.45) is 0 Å². The molecule has 0 amide bonds. The van der Waals surface area contributed by atoms with E-state index in [4.69, 9.17) is 9.84 Å². The van der Waals surface area contributed by atoms with Gasteiger partial charge >= 0.3 is 6.16 Å². The average molecular weight is 164 g/mol. The van der Waals surface area contributed by atoms with Gasteiger partial charge in [-0.3, -0.25) is 0 Å². The summed E-state index contributed by atoms with van der Waals surface area (Å²) in [6.45, 7) is 1.54. The van der Waals surface area contributed by atoms with Gasteiger partial charge in [0, 0.05) is 21.1 Å². The highest BCUT2D eigenvalue weighted by molar-refractivity contribution is 5.57. The summed E-state index contributed by atoms with van der Waals surface area (Å²) in [6.07, 6.45) is -1.38. The molecule has 0 saturated carbocycles. The lowest BCUT2D eigenvalue weighted by molar-refractivity contribution is -0.206. The molecule has 0 fully saturated rings. The third-order valence-corrected chi connectivity index (χ3v) is 1.14. The second-order valence-corrected chi connectivity index (χ2v) is 2.14. The fourth-order valence-corrected chi connectivity index (χ4v) is 0.577. The zero-order valence-electron chi connectivity index (χ0n) is 6.79. The third kappa shape index (κ3) is 3.79. The Balaban J connectivity index is 3.98. The predicted molar refractivity (Wildman–Crippen MR) is 36.4 cm³/mol. The topological polar surface area (TPSA) is 65.0 Å². The molecule has 0 aromatic carbocycles. The minimum Gasteiger partial charge on any atom is -0.450 e. The Morgan fingerprint density at radius 1 is 1.55 bits per heavy atom. The van der Waals surface area contributed by atoms with E-state index in [0.29, 0.717) is 0 Å². The highest BCUT2D eigenvalue weighted by atomic mass is 16.8. The maximum absolute atomic E-state index is 10.1. The number of methoxy groups -OCH3 is 2. The first kappa shape index (κ1) is 10.2. The van der Waals surface area contributed by atoms with E-state index in [1.165, 1.54) is 21.1 Å². The van der Waals surface area contributed by atoms with Crippen LogP contribution < -0.4 is 0 Å². The van der Waals surface area contributed by atoms with Crippen LogP contribution in [0.15, 0.2) is 0 Å². The Labute approximate surface area is 64.9 Å². The van der Waals surface area contributed by atoms with Crippen LogP contribution in [-0.2, 0) is 14.2 Å². The first-order valence-electron chi connectivity index (χ1n) is 3.00. The summed E-state index contributed by atoms with van der Waals surface area (Å²) in [5.41, 5.74) is 0. The zero-order valence-corrected chi connectivity index (χ0v) is 6.79. The van der Waals surface area contributed by atoms with Crippen molar-refractivity contribution in [3.05, 3.63) is 0 Å². The van der Waals surface area contributed by atoms with Gasteiger partial charge < -0.3 is 19.3 Å². The second kappa shape index (κ2) is 4.15. The summed E-state index contributed by atoms with van der Waals surface area (Å²) in [6, 6.07) is 0. The lowest BCUT2D eigenvalue weighted by Gasteiger charge is -2.24. The van der Waals surface area contributed by atoms with Crippen LogP contribution in [0, 0.1) is 0 Å². The lowest BCUT2D eigenvalue weighted by atomic mass is 10.3. The summed E-state index contributed by atoms with van der Waals surface area (Å²) >= 11 is 0. The van der Waals surface area contributed by atoms with Crippen molar-refractivity contribution < 1.29 is 24.1 Å². The van der Waals surface area contributed by atoms with E-state index in [1.807, 2.05) is 0 Å². The van der Waals surface area contributed by atoms with Gasteiger partial charge in [0.05, 0.1) is 0 Å². The van der Waals surface area contributed by atoms with Crippen molar-refractivity contribution in [3.8, 4) is 0 Å². The highest BCUT2D eigenvalue weighted by Gasteiger charge is 2.28. The largest absolute Gasteiger partial charge is 0.508 e. The number of hydrogen-bond acceptors (Lipinski definition) is 4. The summed E-state index contributed by atoms with van der Waals surface area (Å²) in [4.78, 5) is 10.1. The van der Waals surface area contributed by atoms with Crippen LogP contribution in [0.4, 0.5) is 4.79 Å². The van der Waals surface area contributed by atoms with Crippen molar-refractivity contribution >= 4 is 6.16 Å². The molecule has 66 valence electrons. The number of ether oxygens (including phenoxy) is 3. The molecule has 1 atom stereocenters. The molecule has 5 nitrogen and oxygen atoms in total. The second-order valence-electron chi connectivity index (χ2n) is 2.14. The molecule has 11 heavy (non-hydrogen) atoms. The Kier molecular flexibility index (Phi) is 3.84. The van der Waals surface area contributed by atoms with Gasteiger partial charge in [-0.15, -0.1) is 0 Å². The van der Waals surface area contributed by atoms with Crippen molar-refractivity contribution in [3.63, 3.8) is 0 Å². The molecule has 5 heteroatoms. The molecule has 0 spiro atoms. The van der Waals surface area contributed by atoms with E-state index >= 15 is 0 Å². The van der Waals surface area contributed by atoms with Crippen LogP contribution in [0.25, 0.3) is 0 Å². The smallest absolute Gasteiger partial charge is 0.450 e. The van der Waals surface area contributed by atoms with Gasteiger partial charge in [-0.05, 0) is 0 Å². The molecule has 1 N–H and O–H groups in total. The van der Waals surface area contributed by atoms with E-state index in [1.54, 1.807) is 0 Å². The maximum Gasteiger partial charge on any atom is 0.508 e.